The first-order valence-electron chi connectivity index (χ1n) is 9.43. The molecule has 1 aromatic carbocycles. The largest absolute Gasteiger partial charge is 0.489 e. The normalized spacial score (nSPS) is 16.5. The van der Waals surface area contributed by atoms with E-state index in [0.717, 1.165) is 38.0 Å². The van der Waals surface area contributed by atoms with Gasteiger partial charge in [-0.1, -0.05) is 25.1 Å². The minimum atomic E-state index is -0.0612. The van der Waals surface area contributed by atoms with Gasteiger partial charge in [-0.3, -0.25) is 4.79 Å². The molecular formula is C20H28N4O2. The van der Waals surface area contributed by atoms with E-state index in [9.17, 15) is 4.79 Å². The highest BCUT2D eigenvalue weighted by molar-refractivity contribution is 5.95. The zero-order chi connectivity index (χ0) is 18.5. The van der Waals surface area contributed by atoms with Gasteiger partial charge in [-0.25, -0.2) is 4.68 Å². The zero-order valence-corrected chi connectivity index (χ0v) is 15.6. The SMILES string of the molecule is CCCOc1cn(-c2ccccc2)nc1C(=O)N1CCC(C(C)N)CC1. The Balaban J connectivity index is 1.81. The molecule has 3 rings (SSSR count). The van der Waals surface area contributed by atoms with Gasteiger partial charge in [-0.05, 0) is 44.2 Å². The average molecular weight is 356 g/mol. The Morgan fingerprint density at radius 1 is 1.31 bits per heavy atom. The number of rotatable bonds is 6. The fraction of sp³-hybridized carbons (Fsp3) is 0.500. The third-order valence-corrected chi connectivity index (χ3v) is 4.94. The van der Waals surface area contributed by atoms with E-state index >= 15 is 0 Å². The molecule has 2 aromatic rings. The van der Waals surface area contributed by atoms with Gasteiger partial charge in [0.2, 0.25) is 0 Å². The highest BCUT2D eigenvalue weighted by Crippen LogP contribution is 2.25. The molecule has 0 spiro atoms. The van der Waals surface area contributed by atoms with Crippen molar-refractivity contribution in [1.29, 1.82) is 0 Å². The molecule has 1 aliphatic heterocycles. The van der Waals surface area contributed by atoms with Crippen LogP contribution in [0.3, 0.4) is 0 Å². The number of aromatic nitrogens is 2. The summed E-state index contributed by atoms with van der Waals surface area (Å²) in [6.07, 6.45) is 4.55. The zero-order valence-electron chi connectivity index (χ0n) is 15.6. The van der Waals surface area contributed by atoms with Crippen molar-refractivity contribution < 1.29 is 9.53 Å². The van der Waals surface area contributed by atoms with Crippen molar-refractivity contribution in [3.05, 3.63) is 42.2 Å². The molecule has 1 aliphatic rings. The van der Waals surface area contributed by atoms with Crippen molar-refractivity contribution in [2.45, 2.75) is 39.2 Å². The summed E-state index contributed by atoms with van der Waals surface area (Å²) in [5.74, 6) is 0.973. The minimum absolute atomic E-state index is 0.0612. The molecule has 0 saturated carbocycles. The number of carbonyl (C=O) groups is 1. The second-order valence-electron chi connectivity index (χ2n) is 6.96. The number of nitrogens with zero attached hydrogens (tertiary/aromatic N) is 3. The van der Waals surface area contributed by atoms with Gasteiger partial charge in [0.25, 0.3) is 5.91 Å². The van der Waals surface area contributed by atoms with Crippen molar-refractivity contribution in [2.24, 2.45) is 11.7 Å². The molecular weight excluding hydrogens is 328 g/mol. The van der Waals surface area contributed by atoms with E-state index in [4.69, 9.17) is 10.5 Å². The Bertz CT molecular complexity index is 719. The molecule has 1 aromatic heterocycles. The molecule has 26 heavy (non-hydrogen) atoms. The fourth-order valence-electron chi connectivity index (χ4n) is 3.32. The van der Waals surface area contributed by atoms with Gasteiger partial charge >= 0.3 is 0 Å². The van der Waals surface area contributed by atoms with Gasteiger partial charge < -0.3 is 15.4 Å². The van der Waals surface area contributed by atoms with Gasteiger partial charge in [-0.2, -0.15) is 5.10 Å². The first-order chi connectivity index (χ1) is 12.6. The molecule has 1 fully saturated rings. The number of hydrogen-bond acceptors (Lipinski definition) is 4. The van der Waals surface area contributed by atoms with Crippen LogP contribution in [0.4, 0.5) is 0 Å². The Kier molecular flexibility index (Phi) is 5.93. The predicted octanol–water partition coefficient (Wildman–Crippen LogP) is 2.86. The van der Waals surface area contributed by atoms with Crippen LogP contribution in [-0.2, 0) is 0 Å². The average Bonchev–Trinajstić information content (AvgIpc) is 3.10. The van der Waals surface area contributed by atoms with Gasteiger partial charge in [0.15, 0.2) is 11.4 Å². The van der Waals surface area contributed by atoms with E-state index < -0.39 is 0 Å². The van der Waals surface area contributed by atoms with Crippen LogP contribution < -0.4 is 10.5 Å². The first kappa shape index (κ1) is 18.5. The lowest BCUT2D eigenvalue weighted by atomic mass is 9.91. The number of carbonyl (C=O) groups excluding carboxylic acids is 1. The molecule has 1 amide bonds. The number of ether oxygens (including phenoxy) is 1. The van der Waals surface area contributed by atoms with Gasteiger partial charge in [-0.15, -0.1) is 0 Å². The maximum absolute atomic E-state index is 13.0. The number of nitrogens with two attached hydrogens (primary N) is 1. The lowest BCUT2D eigenvalue weighted by Crippen LogP contribution is -2.42. The second-order valence-corrected chi connectivity index (χ2v) is 6.96. The molecule has 1 saturated heterocycles. The number of likely N-dealkylation sites (tertiary alicyclic amines) is 1. The standard InChI is InChI=1S/C20H28N4O2/c1-3-13-26-18-14-24(17-7-5-4-6-8-17)22-19(18)20(25)23-11-9-16(10-12-23)15(2)21/h4-8,14-16H,3,9-13,21H2,1-2H3. The molecule has 0 radical (unpaired) electrons. The molecule has 1 unspecified atom stereocenters. The number of para-hydroxylation sites is 1. The molecule has 140 valence electrons. The Morgan fingerprint density at radius 2 is 2.00 bits per heavy atom. The van der Waals surface area contributed by atoms with E-state index in [2.05, 4.69) is 5.10 Å². The Morgan fingerprint density at radius 3 is 2.62 bits per heavy atom. The van der Waals surface area contributed by atoms with Crippen molar-refractivity contribution in [2.75, 3.05) is 19.7 Å². The lowest BCUT2D eigenvalue weighted by Gasteiger charge is -2.33. The second kappa shape index (κ2) is 8.36. The van der Waals surface area contributed by atoms with Crippen molar-refractivity contribution in [3.8, 4) is 11.4 Å². The van der Waals surface area contributed by atoms with E-state index in [0.29, 0.717) is 24.0 Å². The van der Waals surface area contributed by atoms with Crippen LogP contribution in [0, 0.1) is 5.92 Å². The van der Waals surface area contributed by atoms with Gasteiger partial charge in [0.1, 0.15) is 0 Å². The smallest absolute Gasteiger partial charge is 0.278 e. The van der Waals surface area contributed by atoms with Crippen LogP contribution in [0.15, 0.2) is 36.5 Å². The van der Waals surface area contributed by atoms with Crippen molar-refractivity contribution >= 4 is 5.91 Å². The van der Waals surface area contributed by atoms with E-state index in [1.165, 1.54) is 0 Å². The molecule has 6 heteroatoms. The third-order valence-electron chi connectivity index (χ3n) is 4.94. The monoisotopic (exact) mass is 356 g/mol. The van der Waals surface area contributed by atoms with Gasteiger partial charge in [0.05, 0.1) is 18.5 Å². The summed E-state index contributed by atoms with van der Waals surface area (Å²) in [7, 11) is 0. The van der Waals surface area contributed by atoms with E-state index in [1.807, 2.05) is 49.1 Å². The maximum atomic E-state index is 13.0. The quantitative estimate of drug-likeness (QED) is 0.864. The lowest BCUT2D eigenvalue weighted by molar-refractivity contribution is 0.0670. The van der Waals surface area contributed by atoms with Crippen LogP contribution >= 0.6 is 0 Å². The van der Waals surface area contributed by atoms with Gasteiger partial charge in [0, 0.05) is 19.1 Å². The van der Waals surface area contributed by atoms with Crippen LogP contribution in [0.2, 0.25) is 0 Å². The molecule has 0 bridgehead atoms. The number of benzene rings is 1. The number of hydrogen-bond donors (Lipinski definition) is 1. The summed E-state index contributed by atoms with van der Waals surface area (Å²) < 4.78 is 7.52. The Labute approximate surface area is 154 Å². The highest BCUT2D eigenvalue weighted by atomic mass is 16.5. The molecule has 1 atom stereocenters. The summed E-state index contributed by atoms with van der Waals surface area (Å²) in [6.45, 7) is 6.09. The Hall–Kier alpha value is -2.34. The minimum Gasteiger partial charge on any atom is -0.489 e. The summed E-state index contributed by atoms with van der Waals surface area (Å²) in [6, 6.07) is 9.94. The summed E-state index contributed by atoms with van der Waals surface area (Å²) >= 11 is 0. The molecule has 2 heterocycles. The third kappa shape index (κ3) is 4.07. The summed E-state index contributed by atoms with van der Waals surface area (Å²) in [4.78, 5) is 14.9. The topological polar surface area (TPSA) is 73.4 Å². The fourth-order valence-corrected chi connectivity index (χ4v) is 3.32. The summed E-state index contributed by atoms with van der Waals surface area (Å²) in [5.41, 5.74) is 7.30. The van der Waals surface area contributed by atoms with Crippen LogP contribution in [-0.4, -0.2) is 46.3 Å². The van der Waals surface area contributed by atoms with Crippen molar-refractivity contribution in [3.63, 3.8) is 0 Å². The van der Waals surface area contributed by atoms with Crippen molar-refractivity contribution in [1.82, 2.24) is 14.7 Å². The predicted molar refractivity (Wildman–Crippen MR) is 102 cm³/mol. The van der Waals surface area contributed by atoms with Crippen LogP contribution in [0.1, 0.15) is 43.6 Å². The molecule has 0 aliphatic carbocycles. The highest BCUT2D eigenvalue weighted by Gasteiger charge is 2.29. The van der Waals surface area contributed by atoms with E-state index in [1.54, 1.807) is 10.9 Å². The van der Waals surface area contributed by atoms with E-state index in [-0.39, 0.29) is 11.9 Å². The molecule has 2 N–H and O–H groups in total. The summed E-state index contributed by atoms with van der Waals surface area (Å²) in [5, 5.41) is 4.54. The number of amides is 1. The number of piperidine rings is 1. The maximum Gasteiger partial charge on any atom is 0.278 e. The first-order valence-corrected chi connectivity index (χ1v) is 9.43. The molecule has 6 nitrogen and oxygen atoms in total. The van der Waals surface area contributed by atoms with Crippen LogP contribution in [0.25, 0.3) is 5.69 Å². The van der Waals surface area contributed by atoms with Crippen LogP contribution in [0.5, 0.6) is 5.75 Å².